The van der Waals surface area contributed by atoms with Gasteiger partial charge in [-0.05, 0) is 13.1 Å². The Labute approximate surface area is 93.0 Å². The molecule has 1 N–H and O–H groups in total. The van der Waals surface area contributed by atoms with Crippen LogP contribution in [-0.4, -0.2) is 50.7 Å². The molecule has 0 aromatic carbocycles. The van der Waals surface area contributed by atoms with Crippen molar-refractivity contribution >= 4 is 5.97 Å². The van der Waals surface area contributed by atoms with E-state index in [2.05, 4.69) is 28.8 Å². The van der Waals surface area contributed by atoms with Crippen LogP contribution in [0.3, 0.4) is 0 Å². The first-order valence-electron chi connectivity index (χ1n) is 5.66. The molecule has 0 fully saturated rings. The number of hydrogen-bond donors (Lipinski definition) is 1. The topological polar surface area (TPSA) is 41.6 Å². The van der Waals surface area contributed by atoms with E-state index in [0.717, 1.165) is 26.2 Å². The largest absolute Gasteiger partial charge is 0.469 e. The predicted octanol–water partition coefficient (Wildman–Crippen LogP) is 0.727. The average Bonchev–Trinajstić information content (AvgIpc) is 2.27. The first-order chi connectivity index (χ1) is 7.15. The second kappa shape index (κ2) is 8.68. The number of likely N-dealkylation sites (N-methyl/N-ethyl adjacent to an activating group) is 1. The molecule has 90 valence electrons. The van der Waals surface area contributed by atoms with Crippen molar-refractivity contribution in [3.05, 3.63) is 0 Å². The summed E-state index contributed by atoms with van der Waals surface area (Å²) < 4.78 is 4.64. The highest BCUT2D eigenvalue weighted by Crippen LogP contribution is 1.94. The van der Waals surface area contributed by atoms with Crippen LogP contribution in [0.25, 0.3) is 0 Å². The summed E-state index contributed by atoms with van der Waals surface area (Å²) in [6.07, 6.45) is 0. The summed E-state index contributed by atoms with van der Waals surface area (Å²) in [5.74, 6) is -0.211. The SMILES string of the molecule is CCN(CC)CCNCC(C)C(=O)OC. The van der Waals surface area contributed by atoms with E-state index in [0.29, 0.717) is 6.54 Å². The normalized spacial score (nSPS) is 12.9. The molecule has 0 saturated heterocycles. The maximum Gasteiger partial charge on any atom is 0.309 e. The molecule has 0 saturated carbocycles. The minimum absolute atomic E-state index is 0.0632. The van der Waals surface area contributed by atoms with Crippen LogP contribution in [-0.2, 0) is 9.53 Å². The molecular formula is C11H24N2O2. The van der Waals surface area contributed by atoms with E-state index >= 15 is 0 Å². The molecule has 0 aliphatic carbocycles. The Bertz CT molecular complexity index is 170. The molecule has 1 unspecified atom stereocenters. The lowest BCUT2D eigenvalue weighted by Gasteiger charge is -2.18. The molecule has 0 amide bonds. The molecular weight excluding hydrogens is 192 g/mol. The molecule has 4 nitrogen and oxygen atoms in total. The fraction of sp³-hybridized carbons (Fsp3) is 0.909. The van der Waals surface area contributed by atoms with Gasteiger partial charge in [-0.3, -0.25) is 4.79 Å². The summed E-state index contributed by atoms with van der Waals surface area (Å²) in [5.41, 5.74) is 0. The van der Waals surface area contributed by atoms with E-state index in [9.17, 15) is 4.79 Å². The Morgan fingerprint density at radius 1 is 1.40 bits per heavy atom. The second-order valence-electron chi connectivity index (χ2n) is 3.66. The molecule has 0 rings (SSSR count). The number of methoxy groups -OCH3 is 1. The van der Waals surface area contributed by atoms with Crippen LogP contribution < -0.4 is 5.32 Å². The zero-order valence-electron chi connectivity index (χ0n) is 10.4. The number of rotatable bonds is 8. The van der Waals surface area contributed by atoms with Crippen LogP contribution in [0.15, 0.2) is 0 Å². The van der Waals surface area contributed by atoms with Crippen LogP contribution in [0.5, 0.6) is 0 Å². The maximum absolute atomic E-state index is 11.1. The third-order valence-electron chi connectivity index (χ3n) is 2.55. The molecule has 0 aliphatic heterocycles. The zero-order chi connectivity index (χ0) is 11.7. The smallest absolute Gasteiger partial charge is 0.309 e. The van der Waals surface area contributed by atoms with E-state index in [1.165, 1.54) is 7.11 Å². The Balaban J connectivity index is 3.49. The van der Waals surface area contributed by atoms with Crippen molar-refractivity contribution in [1.82, 2.24) is 10.2 Å². The van der Waals surface area contributed by atoms with Crippen LogP contribution in [0.1, 0.15) is 20.8 Å². The first-order valence-corrected chi connectivity index (χ1v) is 5.66. The van der Waals surface area contributed by atoms with Gasteiger partial charge in [0.05, 0.1) is 13.0 Å². The summed E-state index contributed by atoms with van der Waals surface area (Å²) in [5, 5.41) is 3.26. The van der Waals surface area contributed by atoms with E-state index in [-0.39, 0.29) is 11.9 Å². The molecule has 0 aliphatic rings. The van der Waals surface area contributed by atoms with Gasteiger partial charge in [-0.2, -0.15) is 0 Å². The van der Waals surface area contributed by atoms with Crippen molar-refractivity contribution in [2.45, 2.75) is 20.8 Å². The summed E-state index contributed by atoms with van der Waals surface area (Å²) in [4.78, 5) is 13.4. The van der Waals surface area contributed by atoms with Crippen molar-refractivity contribution in [2.24, 2.45) is 5.92 Å². The van der Waals surface area contributed by atoms with Crippen molar-refractivity contribution in [3.63, 3.8) is 0 Å². The summed E-state index contributed by atoms with van der Waals surface area (Å²) in [6, 6.07) is 0. The molecule has 0 aromatic rings. The Hall–Kier alpha value is -0.610. The lowest BCUT2D eigenvalue weighted by Crippen LogP contribution is -2.35. The maximum atomic E-state index is 11.1. The van der Waals surface area contributed by atoms with Crippen LogP contribution >= 0.6 is 0 Å². The Kier molecular flexibility index (Phi) is 8.33. The number of esters is 1. The molecule has 0 heterocycles. The van der Waals surface area contributed by atoms with Crippen molar-refractivity contribution in [1.29, 1.82) is 0 Å². The molecule has 0 bridgehead atoms. The zero-order valence-corrected chi connectivity index (χ0v) is 10.4. The predicted molar refractivity (Wildman–Crippen MR) is 61.8 cm³/mol. The third-order valence-corrected chi connectivity index (χ3v) is 2.55. The lowest BCUT2D eigenvalue weighted by molar-refractivity contribution is -0.144. The van der Waals surface area contributed by atoms with Gasteiger partial charge in [-0.25, -0.2) is 0 Å². The number of carbonyl (C=O) groups is 1. The van der Waals surface area contributed by atoms with Gasteiger partial charge in [-0.15, -0.1) is 0 Å². The van der Waals surface area contributed by atoms with Gasteiger partial charge in [-0.1, -0.05) is 20.8 Å². The first kappa shape index (κ1) is 14.4. The van der Waals surface area contributed by atoms with E-state index in [1.807, 2.05) is 6.92 Å². The summed E-state index contributed by atoms with van der Waals surface area (Å²) in [6.45, 7) is 11.0. The number of hydrogen-bond acceptors (Lipinski definition) is 4. The highest BCUT2D eigenvalue weighted by Gasteiger charge is 2.11. The molecule has 15 heavy (non-hydrogen) atoms. The quantitative estimate of drug-likeness (QED) is 0.480. The molecule has 1 atom stereocenters. The van der Waals surface area contributed by atoms with Gasteiger partial charge in [0.2, 0.25) is 0 Å². The second-order valence-corrected chi connectivity index (χ2v) is 3.66. The van der Waals surface area contributed by atoms with Crippen molar-refractivity contribution in [2.75, 3.05) is 39.8 Å². The molecule has 0 spiro atoms. The summed E-state index contributed by atoms with van der Waals surface area (Å²) >= 11 is 0. The van der Waals surface area contributed by atoms with Gasteiger partial charge in [0.25, 0.3) is 0 Å². The standard InChI is InChI=1S/C11H24N2O2/c1-5-13(6-2)8-7-12-9-10(3)11(14)15-4/h10,12H,5-9H2,1-4H3. The lowest BCUT2D eigenvalue weighted by atomic mass is 10.2. The van der Waals surface area contributed by atoms with Crippen LogP contribution in [0.2, 0.25) is 0 Å². The van der Waals surface area contributed by atoms with Crippen molar-refractivity contribution in [3.8, 4) is 0 Å². The molecule has 4 heteroatoms. The van der Waals surface area contributed by atoms with Crippen molar-refractivity contribution < 1.29 is 9.53 Å². The Morgan fingerprint density at radius 2 is 2.00 bits per heavy atom. The number of carbonyl (C=O) groups excluding carboxylic acids is 1. The van der Waals surface area contributed by atoms with Gasteiger partial charge in [0.15, 0.2) is 0 Å². The van der Waals surface area contributed by atoms with Crippen LogP contribution in [0.4, 0.5) is 0 Å². The Morgan fingerprint density at radius 3 is 2.47 bits per heavy atom. The number of ether oxygens (including phenoxy) is 1. The summed E-state index contributed by atoms with van der Waals surface area (Å²) in [7, 11) is 1.43. The van der Waals surface area contributed by atoms with Gasteiger partial charge < -0.3 is 15.0 Å². The fourth-order valence-corrected chi connectivity index (χ4v) is 1.38. The van der Waals surface area contributed by atoms with E-state index in [1.54, 1.807) is 0 Å². The molecule has 0 radical (unpaired) electrons. The third kappa shape index (κ3) is 6.47. The number of nitrogens with zero attached hydrogens (tertiary/aromatic N) is 1. The number of nitrogens with one attached hydrogen (secondary N) is 1. The van der Waals surface area contributed by atoms with E-state index < -0.39 is 0 Å². The minimum atomic E-state index is -0.148. The monoisotopic (exact) mass is 216 g/mol. The fourth-order valence-electron chi connectivity index (χ4n) is 1.38. The highest BCUT2D eigenvalue weighted by molar-refractivity contribution is 5.71. The highest BCUT2D eigenvalue weighted by atomic mass is 16.5. The average molecular weight is 216 g/mol. The van der Waals surface area contributed by atoms with E-state index in [4.69, 9.17) is 0 Å². The molecule has 0 aromatic heterocycles. The van der Waals surface area contributed by atoms with Gasteiger partial charge in [0.1, 0.15) is 0 Å². The van der Waals surface area contributed by atoms with Crippen LogP contribution in [0, 0.1) is 5.92 Å². The minimum Gasteiger partial charge on any atom is -0.469 e. The van der Waals surface area contributed by atoms with Gasteiger partial charge >= 0.3 is 5.97 Å². The van der Waals surface area contributed by atoms with Gasteiger partial charge in [0, 0.05) is 19.6 Å².